The lowest BCUT2D eigenvalue weighted by molar-refractivity contribution is 0.0157. The highest BCUT2D eigenvalue weighted by atomic mass is 16.6. The molecule has 0 spiro atoms. The molecule has 0 aromatic rings. The van der Waals surface area contributed by atoms with E-state index >= 15 is 0 Å². The van der Waals surface area contributed by atoms with Gasteiger partial charge < -0.3 is 19.1 Å². The average Bonchev–Trinajstić information content (AvgIpc) is 3.44. The third-order valence-electron chi connectivity index (χ3n) is 6.82. The first-order valence-corrected chi connectivity index (χ1v) is 11.3. The van der Waals surface area contributed by atoms with Crippen molar-refractivity contribution in [1.29, 1.82) is 0 Å². The molecule has 3 aliphatic heterocycles. The fourth-order valence-electron chi connectivity index (χ4n) is 4.62. The van der Waals surface area contributed by atoms with Crippen molar-refractivity contribution in [2.24, 2.45) is 17.8 Å². The van der Waals surface area contributed by atoms with Crippen LogP contribution in [-0.4, -0.2) is 80.8 Å². The van der Waals surface area contributed by atoms with Crippen LogP contribution in [0.25, 0.3) is 0 Å². The quantitative estimate of drug-likeness (QED) is 0.428. The smallest absolute Gasteiger partial charge is 0.140 e. The molecule has 0 bridgehead atoms. The molecule has 0 saturated carbocycles. The van der Waals surface area contributed by atoms with Gasteiger partial charge in [-0.2, -0.15) is 0 Å². The fourth-order valence-corrected chi connectivity index (χ4v) is 4.62. The van der Waals surface area contributed by atoms with Crippen LogP contribution < -0.4 is 0 Å². The first-order chi connectivity index (χ1) is 13.0. The van der Waals surface area contributed by atoms with Gasteiger partial charge in [0.05, 0.1) is 19.8 Å². The van der Waals surface area contributed by atoms with Crippen LogP contribution in [0.15, 0.2) is 0 Å². The van der Waals surface area contributed by atoms with Gasteiger partial charge in [-0.15, -0.1) is 0 Å². The van der Waals surface area contributed by atoms with Crippen molar-refractivity contribution < 1.29 is 14.2 Å². The van der Waals surface area contributed by atoms with E-state index in [1.165, 1.54) is 51.9 Å². The molecule has 0 aliphatic carbocycles. The highest BCUT2D eigenvalue weighted by molar-refractivity contribution is 4.88. The van der Waals surface area contributed by atoms with E-state index < -0.39 is 0 Å². The van der Waals surface area contributed by atoms with Crippen LogP contribution in [0.1, 0.15) is 53.4 Å². The van der Waals surface area contributed by atoms with E-state index in [9.17, 15) is 0 Å². The molecule has 3 heterocycles. The molecule has 0 aromatic heterocycles. The second kappa shape index (κ2) is 10.5. The predicted octanol–water partition coefficient (Wildman–Crippen LogP) is 3.23. The van der Waals surface area contributed by atoms with Crippen LogP contribution in [0, 0.1) is 17.8 Å². The minimum Gasteiger partial charge on any atom is -0.379 e. The maximum Gasteiger partial charge on any atom is 0.140 e. The molecule has 0 radical (unpaired) electrons. The first-order valence-electron chi connectivity index (χ1n) is 11.3. The highest BCUT2D eigenvalue weighted by Gasteiger charge is 2.44. The van der Waals surface area contributed by atoms with Crippen molar-refractivity contribution in [1.82, 2.24) is 9.80 Å². The van der Waals surface area contributed by atoms with Gasteiger partial charge in [-0.3, -0.25) is 4.90 Å². The van der Waals surface area contributed by atoms with Crippen LogP contribution in [-0.2, 0) is 14.2 Å². The standard InChI is InChI=1S/C22H42N2O3/c1-17(2)20-7-11-24(12-8-20)22-21(27-22)16-26-14-13-25-15-19-5-9-23(10-6-19)18(3)4/h17-22H,5-16H2,1-4H3. The third-order valence-corrected chi connectivity index (χ3v) is 6.82. The summed E-state index contributed by atoms with van der Waals surface area (Å²) in [5.74, 6) is 2.43. The van der Waals surface area contributed by atoms with Crippen molar-refractivity contribution in [3.63, 3.8) is 0 Å². The molecule has 3 saturated heterocycles. The number of hydrogen-bond acceptors (Lipinski definition) is 5. The number of hydrogen-bond donors (Lipinski definition) is 0. The van der Waals surface area contributed by atoms with Gasteiger partial charge in [-0.25, -0.2) is 0 Å². The summed E-state index contributed by atoms with van der Waals surface area (Å²) in [6, 6.07) is 0.676. The van der Waals surface area contributed by atoms with Gasteiger partial charge in [0.1, 0.15) is 12.3 Å². The number of likely N-dealkylation sites (tertiary alicyclic amines) is 2. The van der Waals surface area contributed by atoms with Gasteiger partial charge in [0.25, 0.3) is 0 Å². The summed E-state index contributed by atoms with van der Waals surface area (Å²) in [5, 5.41) is 0. The molecule has 3 fully saturated rings. The molecule has 3 aliphatic rings. The van der Waals surface area contributed by atoms with Crippen molar-refractivity contribution in [2.75, 3.05) is 52.6 Å². The lowest BCUT2D eigenvalue weighted by Crippen LogP contribution is -2.39. The Morgan fingerprint density at radius 1 is 0.852 bits per heavy atom. The van der Waals surface area contributed by atoms with E-state index in [2.05, 4.69) is 37.5 Å². The van der Waals surface area contributed by atoms with Crippen LogP contribution in [0.3, 0.4) is 0 Å². The number of rotatable bonds is 10. The van der Waals surface area contributed by atoms with E-state index in [0.717, 1.165) is 24.4 Å². The number of epoxide rings is 1. The number of piperidine rings is 2. The topological polar surface area (TPSA) is 37.5 Å². The zero-order valence-electron chi connectivity index (χ0n) is 18.1. The monoisotopic (exact) mass is 382 g/mol. The average molecular weight is 383 g/mol. The van der Waals surface area contributed by atoms with E-state index in [1.54, 1.807) is 0 Å². The Balaban J connectivity index is 1.16. The van der Waals surface area contributed by atoms with Crippen LogP contribution in [0.5, 0.6) is 0 Å². The van der Waals surface area contributed by atoms with E-state index in [1.807, 2.05) is 0 Å². The Bertz CT molecular complexity index is 416. The lowest BCUT2D eigenvalue weighted by atomic mass is 9.87. The highest BCUT2D eigenvalue weighted by Crippen LogP contribution is 2.32. The Kier molecular flexibility index (Phi) is 8.40. The maximum atomic E-state index is 5.85. The molecule has 0 N–H and O–H groups in total. The second-order valence-electron chi connectivity index (χ2n) is 9.41. The van der Waals surface area contributed by atoms with Crippen LogP contribution in [0.2, 0.25) is 0 Å². The van der Waals surface area contributed by atoms with Gasteiger partial charge in [0, 0.05) is 25.7 Å². The molecule has 0 aromatic carbocycles. The van der Waals surface area contributed by atoms with Gasteiger partial charge in [0.2, 0.25) is 0 Å². The van der Waals surface area contributed by atoms with Crippen LogP contribution >= 0.6 is 0 Å². The van der Waals surface area contributed by atoms with Gasteiger partial charge in [-0.05, 0) is 70.4 Å². The minimum absolute atomic E-state index is 0.279. The largest absolute Gasteiger partial charge is 0.379 e. The zero-order chi connectivity index (χ0) is 19.2. The van der Waals surface area contributed by atoms with E-state index in [0.29, 0.717) is 32.1 Å². The summed E-state index contributed by atoms with van der Waals surface area (Å²) in [7, 11) is 0. The molecule has 27 heavy (non-hydrogen) atoms. The van der Waals surface area contributed by atoms with E-state index in [4.69, 9.17) is 14.2 Å². The van der Waals surface area contributed by atoms with E-state index in [-0.39, 0.29) is 6.10 Å². The maximum absolute atomic E-state index is 5.85. The predicted molar refractivity (Wildman–Crippen MR) is 109 cm³/mol. The summed E-state index contributed by atoms with van der Waals surface area (Å²) >= 11 is 0. The van der Waals surface area contributed by atoms with Gasteiger partial charge in [0.15, 0.2) is 0 Å². The third kappa shape index (κ3) is 6.67. The van der Waals surface area contributed by atoms with Gasteiger partial charge in [-0.1, -0.05) is 13.8 Å². The Hall–Kier alpha value is -0.200. The fraction of sp³-hybridized carbons (Fsp3) is 1.00. The summed E-state index contributed by atoms with van der Waals surface area (Å²) in [5.41, 5.74) is 0. The van der Waals surface area contributed by atoms with Gasteiger partial charge >= 0.3 is 0 Å². The minimum atomic E-state index is 0.279. The number of ether oxygens (including phenoxy) is 3. The summed E-state index contributed by atoms with van der Waals surface area (Å²) in [6.07, 6.45) is 5.75. The summed E-state index contributed by atoms with van der Waals surface area (Å²) < 4.78 is 17.5. The second-order valence-corrected chi connectivity index (χ2v) is 9.41. The first kappa shape index (κ1) is 21.5. The molecule has 5 heteroatoms. The molecule has 5 nitrogen and oxygen atoms in total. The molecule has 2 unspecified atom stereocenters. The molecular formula is C22H42N2O3. The zero-order valence-corrected chi connectivity index (χ0v) is 18.1. The van der Waals surface area contributed by atoms with Crippen molar-refractivity contribution in [3.05, 3.63) is 0 Å². The normalized spacial score (nSPS) is 29.1. The SMILES string of the molecule is CC(C)C1CCN(C2OC2COCCOCC2CCN(C(C)C)CC2)CC1. The molecule has 2 atom stereocenters. The molecule has 0 amide bonds. The molecule has 158 valence electrons. The Morgan fingerprint density at radius 2 is 1.48 bits per heavy atom. The number of nitrogens with zero attached hydrogens (tertiary/aromatic N) is 2. The Morgan fingerprint density at radius 3 is 2.07 bits per heavy atom. The van der Waals surface area contributed by atoms with Crippen molar-refractivity contribution in [3.8, 4) is 0 Å². The molecule has 3 rings (SSSR count). The van der Waals surface area contributed by atoms with Crippen molar-refractivity contribution >= 4 is 0 Å². The van der Waals surface area contributed by atoms with Crippen molar-refractivity contribution in [2.45, 2.75) is 71.8 Å². The lowest BCUT2D eigenvalue weighted by Gasteiger charge is -2.34. The Labute approximate surface area is 166 Å². The molecular weight excluding hydrogens is 340 g/mol. The summed E-state index contributed by atoms with van der Waals surface area (Å²) in [6.45, 7) is 17.1. The summed E-state index contributed by atoms with van der Waals surface area (Å²) in [4.78, 5) is 5.07. The van der Waals surface area contributed by atoms with Crippen LogP contribution in [0.4, 0.5) is 0 Å².